The summed E-state index contributed by atoms with van der Waals surface area (Å²) in [6.07, 6.45) is 0. The molecule has 1 N–H and O–H groups in total. The number of carbonyl (C=O) groups is 1. The molecule has 0 spiro atoms. The summed E-state index contributed by atoms with van der Waals surface area (Å²) in [7, 11) is 5.63. The molecule has 4 nitrogen and oxygen atoms in total. The van der Waals surface area contributed by atoms with Crippen molar-refractivity contribution in [1.29, 1.82) is 0 Å². The molecule has 0 saturated carbocycles. The van der Waals surface area contributed by atoms with Gasteiger partial charge in [0.05, 0.1) is 19.0 Å². The first-order chi connectivity index (χ1) is 13.0. The zero-order chi connectivity index (χ0) is 19.4. The molecule has 3 rings (SSSR count). The third-order valence-corrected chi connectivity index (χ3v) is 5.86. The molecule has 1 aromatic heterocycles. The Hall–Kier alpha value is -2.37. The first kappa shape index (κ1) is 19.4. The van der Waals surface area contributed by atoms with Gasteiger partial charge >= 0.3 is 0 Å². The summed E-state index contributed by atoms with van der Waals surface area (Å²) >= 11 is 1.76. The molecule has 1 amide bonds. The monoisotopic (exact) mass is 383 g/mol. The van der Waals surface area contributed by atoms with E-state index in [4.69, 9.17) is 4.74 Å². The topological polar surface area (TPSA) is 34.0 Å². The average molecular weight is 384 g/mol. The zero-order valence-corrected chi connectivity index (χ0v) is 17.2. The Bertz CT molecular complexity index is 935. The van der Waals surface area contributed by atoms with Crippen LogP contribution in [-0.2, 0) is 17.9 Å². The van der Waals surface area contributed by atoms with Gasteiger partial charge in [0, 0.05) is 13.6 Å². The molecular formula is C22H27N2O2S+. The van der Waals surface area contributed by atoms with Gasteiger partial charge < -0.3 is 14.5 Å². The molecule has 1 heterocycles. The maximum Gasteiger partial charge on any atom is 0.277 e. The fraction of sp³-hybridized carbons (Fsp3) is 0.318. The number of amides is 1. The molecule has 0 fully saturated rings. The minimum atomic E-state index is 0.163. The number of ether oxygens (including phenoxy) is 1. The molecule has 142 valence electrons. The van der Waals surface area contributed by atoms with Gasteiger partial charge in [-0.15, -0.1) is 11.3 Å². The second-order valence-electron chi connectivity index (χ2n) is 7.13. The summed E-state index contributed by atoms with van der Waals surface area (Å²) in [5, 5.41) is 4.41. The lowest BCUT2D eigenvalue weighted by Crippen LogP contribution is -3.08. The maximum atomic E-state index is 12.6. The Morgan fingerprint density at radius 2 is 1.89 bits per heavy atom. The van der Waals surface area contributed by atoms with Crippen LogP contribution in [0, 0.1) is 6.92 Å². The Morgan fingerprint density at radius 3 is 2.59 bits per heavy atom. The Balaban J connectivity index is 1.60. The van der Waals surface area contributed by atoms with Crippen LogP contribution in [0.5, 0.6) is 5.75 Å². The number of nitrogens with one attached hydrogen (secondary N) is 1. The van der Waals surface area contributed by atoms with E-state index in [1.807, 2.05) is 24.1 Å². The van der Waals surface area contributed by atoms with E-state index in [1.54, 1.807) is 18.4 Å². The van der Waals surface area contributed by atoms with E-state index in [2.05, 4.69) is 49.7 Å². The van der Waals surface area contributed by atoms with Crippen LogP contribution in [0.3, 0.4) is 0 Å². The van der Waals surface area contributed by atoms with Crippen LogP contribution in [0.1, 0.15) is 16.0 Å². The molecule has 3 aromatic rings. The molecular weight excluding hydrogens is 356 g/mol. The number of hydrogen-bond donors (Lipinski definition) is 1. The van der Waals surface area contributed by atoms with Crippen LogP contribution in [-0.4, -0.2) is 38.6 Å². The van der Waals surface area contributed by atoms with Crippen LogP contribution >= 0.6 is 11.3 Å². The highest BCUT2D eigenvalue weighted by molar-refractivity contribution is 7.10. The normalized spacial score (nSPS) is 12.1. The van der Waals surface area contributed by atoms with Gasteiger partial charge in [-0.25, -0.2) is 0 Å². The van der Waals surface area contributed by atoms with Crippen molar-refractivity contribution in [2.45, 2.75) is 20.0 Å². The third kappa shape index (κ3) is 4.87. The standard InChI is InChI=1S/C22H26N2O2S/c1-16-9-10-27-21(16)14-23(2)15-22(25)24(3)13-17-5-6-19-12-20(26-4)8-7-18(19)11-17/h5-12H,13-15H2,1-4H3/p+1. The predicted molar refractivity (Wildman–Crippen MR) is 111 cm³/mol. The van der Waals surface area contributed by atoms with Gasteiger partial charge in [0.1, 0.15) is 12.3 Å². The van der Waals surface area contributed by atoms with Crippen molar-refractivity contribution in [3.05, 3.63) is 63.8 Å². The smallest absolute Gasteiger partial charge is 0.277 e. The lowest BCUT2D eigenvalue weighted by molar-refractivity contribution is -0.885. The Labute approximate surface area is 165 Å². The number of nitrogens with zero attached hydrogens (tertiary/aromatic N) is 1. The van der Waals surface area contributed by atoms with Crippen LogP contribution in [0.2, 0.25) is 0 Å². The van der Waals surface area contributed by atoms with Crippen LogP contribution in [0.4, 0.5) is 0 Å². The van der Waals surface area contributed by atoms with Gasteiger partial charge in [-0.2, -0.15) is 0 Å². The van der Waals surface area contributed by atoms with Gasteiger partial charge in [0.2, 0.25) is 0 Å². The summed E-state index contributed by atoms with van der Waals surface area (Å²) in [5.74, 6) is 1.02. The van der Waals surface area contributed by atoms with E-state index >= 15 is 0 Å². The first-order valence-corrected chi connectivity index (χ1v) is 9.99. The number of quaternary nitrogens is 1. The Kier molecular flexibility index (Phi) is 6.14. The third-order valence-electron chi connectivity index (χ3n) is 4.84. The number of methoxy groups -OCH3 is 1. The zero-order valence-electron chi connectivity index (χ0n) is 16.4. The number of rotatable bonds is 7. The number of likely N-dealkylation sites (N-methyl/N-ethyl adjacent to an activating group) is 2. The van der Waals surface area contributed by atoms with Crippen molar-refractivity contribution in [3.63, 3.8) is 0 Å². The second-order valence-corrected chi connectivity index (χ2v) is 8.14. The molecule has 0 aliphatic rings. The van der Waals surface area contributed by atoms with Gasteiger partial charge in [-0.1, -0.05) is 18.2 Å². The van der Waals surface area contributed by atoms with Crippen molar-refractivity contribution in [3.8, 4) is 5.75 Å². The van der Waals surface area contributed by atoms with E-state index < -0.39 is 0 Å². The molecule has 0 aliphatic heterocycles. The van der Waals surface area contributed by atoms with Crippen LogP contribution in [0.25, 0.3) is 10.8 Å². The Morgan fingerprint density at radius 1 is 1.15 bits per heavy atom. The van der Waals surface area contributed by atoms with E-state index in [0.717, 1.165) is 28.6 Å². The predicted octanol–water partition coefficient (Wildman–Crippen LogP) is 2.89. The van der Waals surface area contributed by atoms with E-state index in [0.29, 0.717) is 13.1 Å². The van der Waals surface area contributed by atoms with Crippen molar-refractivity contribution in [2.24, 2.45) is 0 Å². The van der Waals surface area contributed by atoms with Crippen LogP contribution in [0.15, 0.2) is 47.8 Å². The number of thiophene rings is 1. The maximum absolute atomic E-state index is 12.6. The van der Waals surface area contributed by atoms with Gasteiger partial charge in [0.15, 0.2) is 6.54 Å². The molecule has 2 aromatic carbocycles. The lowest BCUT2D eigenvalue weighted by Gasteiger charge is -2.20. The van der Waals surface area contributed by atoms with E-state index in [9.17, 15) is 4.79 Å². The lowest BCUT2D eigenvalue weighted by atomic mass is 10.1. The molecule has 0 saturated heterocycles. The number of aryl methyl sites for hydroxylation is 1. The quantitative estimate of drug-likeness (QED) is 0.681. The van der Waals surface area contributed by atoms with Crippen molar-refractivity contribution in [2.75, 3.05) is 27.7 Å². The number of benzene rings is 2. The average Bonchev–Trinajstić information content (AvgIpc) is 3.05. The highest BCUT2D eigenvalue weighted by Gasteiger charge is 2.16. The summed E-state index contributed by atoms with van der Waals surface area (Å²) in [6.45, 7) is 4.13. The first-order valence-electron chi connectivity index (χ1n) is 9.11. The molecule has 1 unspecified atom stereocenters. The van der Waals surface area contributed by atoms with Gasteiger partial charge in [-0.3, -0.25) is 4.79 Å². The highest BCUT2D eigenvalue weighted by Crippen LogP contribution is 2.22. The summed E-state index contributed by atoms with van der Waals surface area (Å²) < 4.78 is 5.28. The summed E-state index contributed by atoms with van der Waals surface area (Å²) in [4.78, 5) is 17.0. The minimum Gasteiger partial charge on any atom is -0.497 e. The van der Waals surface area contributed by atoms with Crippen LogP contribution < -0.4 is 9.64 Å². The van der Waals surface area contributed by atoms with Crippen molar-refractivity contribution in [1.82, 2.24) is 4.90 Å². The molecule has 0 radical (unpaired) electrons. The SMILES string of the molecule is COc1ccc2cc(CN(C)C(=O)C[NH+](C)Cc3sccc3C)ccc2c1. The van der Waals surface area contributed by atoms with Crippen molar-refractivity contribution < 1.29 is 14.4 Å². The largest absolute Gasteiger partial charge is 0.497 e. The number of carbonyl (C=O) groups excluding carboxylic acids is 1. The fourth-order valence-corrected chi connectivity index (χ4v) is 4.20. The number of fused-ring (bicyclic) bond motifs is 1. The fourth-order valence-electron chi connectivity index (χ4n) is 3.18. The molecule has 27 heavy (non-hydrogen) atoms. The highest BCUT2D eigenvalue weighted by atomic mass is 32.1. The summed E-state index contributed by atoms with van der Waals surface area (Å²) in [6, 6.07) is 14.5. The van der Waals surface area contributed by atoms with Gasteiger partial charge in [-0.05, 0) is 58.5 Å². The second kappa shape index (κ2) is 8.55. The molecule has 0 aliphatic carbocycles. The van der Waals surface area contributed by atoms with Gasteiger partial charge in [0.25, 0.3) is 5.91 Å². The van der Waals surface area contributed by atoms with Crippen molar-refractivity contribution >= 4 is 28.0 Å². The van der Waals surface area contributed by atoms with E-state index in [1.165, 1.54) is 15.3 Å². The molecule has 0 bridgehead atoms. The number of hydrogen-bond acceptors (Lipinski definition) is 3. The molecule has 1 atom stereocenters. The minimum absolute atomic E-state index is 0.163. The van der Waals surface area contributed by atoms with E-state index in [-0.39, 0.29) is 5.91 Å². The summed E-state index contributed by atoms with van der Waals surface area (Å²) in [5.41, 5.74) is 2.45. The molecule has 5 heteroatoms.